The smallest absolute Gasteiger partial charge is 0.355 e. The van der Waals surface area contributed by atoms with Gasteiger partial charge in [-0.2, -0.15) is 0 Å². The lowest BCUT2D eigenvalue weighted by molar-refractivity contribution is 0.0519. The molecule has 0 amide bonds. The number of hydrogen-bond donors (Lipinski definition) is 1. The Kier molecular flexibility index (Phi) is 4.29. The van der Waals surface area contributed by atoms with E-state index in [2.05, 4.69) is 33.0 Å². The Morgan fingerprint density at radius 3 is 2.68 bits per heavy atom. The van der Waals surface area contributed by atoms with Gasteiger partial charge in [0.2, 0.25) is 0 Å². The fraction of sp³-hybridized carbons (Fsp3) is 0.167. The van der Waals surface area contributed by atoms with Crippen molar-refractivity contribution in [1.29, 1.82) is 0 Å². The van der Waals surface area contributed by atoms with Crippen molar-refractivity contribution in [3.63, 3.8) is 0 Å². The third-order valence-corrected chi connectivity index (χ3v) is 4.06. The maximum absolute atomic E-state index is 12.2. The Labute approximate surface area is 137 Å². The summed E-state index contributed by atoms with van der Waals surface area (Å²) in [7, 11) is 0. The molecule has 4 heteroatoms. The zero-order valence-electron chi connectivity index (χ0n) is 12.2. The molecule has 0 atom stereocenters. The third-order valence-electron chi connectivity index (χ3n) is 3.57. The van der Waals surface area contributed by atoms with Crippen molar-refractivity contribution < 1.29 is 9.53 Å². The van der Waals surface area contributed by atoms with Crippen LogP contribution in [0.25, 0.3) is 10.9 Å². The molecule has 0 aliphatic rings. The lowest BCUT2D eigenvalue weighted by Crippen LogP contribution is -2.08. The van der Waals surface area contributed by atoms with Gasteiger partial charge in [-0.15, -0.1) is 0 Å². The van der Waals surface area contributed by atoms with E-state index in [4.69, 9.17) is 4.74 Å². The van der Waals surface area contributed by atoms with Gasteiger partial charge in [0.25, 0.3) is 0 Å². The maximum atomic E-state index is 12.2. The minimum atomic E-state index is -0.305. The Hall–Kier alpha value is -2.07. The first-order valence-corrected chi connectivity index (χ1v) is 7.99. The number of halogens is 1. The molecule has 0 aliphatic heterocycles. The predicted octanol–water partition coefficient (Wildman–Crippen LogP) is 4.70. The summed E-state index contributed by atoms with van der Waals surface area (Å²) < 4.78 is 6.17. The van der Waals surface area contributed by atoms with Crippen molar-refractivity contribution in [3.05, 3.63) is 69.8 Å². The zero-order valence-corrected chi connectivity index (χ0v) is 13.8. The summed E-state index contributed by atoms with van der Waals surface area (Å²) in [5.74, 6) is -0.305. The fourth-order valence-electron chi connectivity index (χ4n) is 2.58. The minimum absolute atomic E-state index is 0.305. The van der Waals surface area contributed by atoms with Crippen LogP contribution >= 0.6 is 15.9 Å². The van der Waals surface area contributed by atoms with E-state index in [1.54, 1.807) is 0 Å². The molecule has 0 fully saturated rings. The van der Waals surface area contributed by atoms with Gasteiger partial charge in [-0.1, -0.05) is 46.3 Å². The zero-order chi connectivity index (χ0) is 15.5. The first-order valence-electron chi connectivity index (χ1n) is 7.20. The van der Waals surface area contributed by atoms with E-state index in [1.165, 1.54) is 0 Å². The van der Waals surface area contributed by atoms with Crippen LogP contribution in [-0.4, -0.2) is 17.6 Å². The molecule has 0 bridgehead atoms. The highest BCUT2D eigenvalue weighted by Crippen LogP contribution is 2.28. The van der Waals surface area contributed by atoms with E-state index in [-0.39, 0.29) is 5.97 Å². The van der Waals surface area contributed by atoms with Gasteiger partial charge in [0.15, 0.2) is 0 Å². The highest BCUT2D eigenvalue weighted by Gasteiger charge is 2.19. The number of aromatic nitrogens is 1. The monoisotopic (exact) mass is 357 g/mol. The van der Waals surface area contributed by atoms with Crippen LogP contribution < -0.4 is 0 Å². The number of H-pyrrole nitrogens is 1. The molecule has 1 aromatic heterocycles. The molecule has 0 spiro atoms. The van der Waals surface area contributed by atoms with Gasteiger partial charge >= 0.3 is 5.97 Å². The van der Waals surface area contributed by atoms with Gasteiger partial charge in [0, 0.05) is 21.8 Å². The van der Waals surface area contributed by atoms with Gasteiger partial charge < -0.3 is 9.72 Å². The SMILES string of the molecule is CCOC(=O)c1[nH]c2ccc(Br)cc2c1Cc1ccccc1. The van der Waals surface area contributed by atoms with Crippen molar-refractivity contribution in [2.75, 3.05) is 6.61 Å². The highest BCUT2D eigenvalue weighted by atomic mass is 79.9. The quantitative estimate of drug-likeness (QED) is 0.687. The molecule has 1 heterocycles. The van der Waals surface area contributed by atoms with Crippen molar-refractivity contribution in [3.8, 4) is 0 Å². The van der Waals surface area contributed by atoms with Gasteiger partial charge in [-0.25, -0.2) is 4.79 Å². The Bertz CT molecular complexity index is 809. The van der Waals surface area contributed by atoms with Crippen LogP contribution in [-0.2, 0) is 11.2 Å². The van der Waals surface area contributed by atoms with Crippen molar-refractivity contribution >= 4 is 32.8 Å². The molecule has 0 saturated heterocycles. The molecule has 0 saturated carbocycles. The van der Waals surface area contributed by atoms with Crippen LogP contribution in [0.2, 0.25) is 0 Å². The highest BCUT2D eigenvalue weighted by molar-refractivity contribution is 9.10. The summed E-state index contributed by atoms with van der Waals surface area (Å²) in [4.78, 5) is 15.4. The summed E-state index contributed by atoms with van der Waals surface area (Å²) in [6.45, 7) is 2.18. The van der Waals surface area contributed by atoms with Crippen LogP contribution in [0, 0.1) is 0 Å². The van der Waals surface area contributed by atoms with E-state index in [9.17, 15) is 4.79 Å². The molecule has 112 valence electrons. The number of esters is 1. The van der Waals surface area contributed by atoms with E-state index in [0.717, 1.165) is 26.5 Å². The average Bonchev–Trinajstić information content (AvgIpc) is 2.87. The number of ether oxygens (including phenoxy) is 1. The minimum Gasteiger partial charge on any atom is -0.461 e. The van der Waals surface area contributed by atoms with Crippen molar-refractivity contribution in [2.45, 2.75) is 13.3 Å². The topological polar surface area (TPSA) is 42.1 Å². The second-order valence-corrected chi connectivity index (χ2v) is 5.97. The van der Waals surface area contributed by atoms with E-state index in [1.807, 2.05) is 43.3 Å². The van der Waals surface area contributed by atoms with Crippen molar-refractivity contribution in [1.82, 2.24) is 4.98 Å². The molecule has 3 rings (SSSR count). The number of rotatable bonds is 4. The lowest BCUT2D eigenvalue weighted by Gasteiger charge is -2.05. The Balaban J connectivity index is 2.13. The maximum Gasteiger partial charge on any atom is 0.355 e. The van der Waals surface area contributed by atoms with Crippen LogP contribution in [0.3, 0.4) is 0 Å². The largest absolute Gasteiger partial charge is 0.461 e. The van der Waals surface area contributed by atoms with E-state index >= 15 is 0 Å². The Morgan fingerprint density at radius 1 is 1.18 bits per heavy atom. The molecular weight excluding hydrogens is 342 g/mol. The van der Waals surface area contributed by atoms with Gasteiger partial charge in [0.05, 0.1) is 6.61 Å². The number of benzene rings is 2. The van der Waals surface area contributed by atoms with Gasteiger partial charge in [0.1, 0.15) is 5.69 Å². The molecule has 1 N–H and O–H groups in total. The first kappa shape index (κ1) is 14.9. The molecule has 0 unspecified atom stereocenters. The summed E-state index contributed by atoms with van der Waals surface area (Å²) >= 11 is 3.50. The standard InChI is InChI=1S/C18H16BrNO2/c1-2-22-18(21)17-15(10-12-6-4-3-5-7-12)14-11-13(19)8-9-16(14)20-17/h3-9,11,20H,2,10H2,1H3. The number of carbonyl (C=O) groups is 1. The molecular formula is C18H16BrNO2. The third kappa shape index (κ3) is 2.92. The lowest BCUT2D eigenvalue weighted by atomic mass is 10.0. The van der Waals surface area contributed by atoms with Crippen LogP contribution in [0.5, 0.6) is 0 Å². The van der Waals surface area contributed by atoms with Gasteiger partial charge in [-0.05, 0) is 36.2 Å². The molecule has 0 aliphatic carbocycles. The number of carbonyl (C=O) groups excluding carboxylic acids is 1. The van der Waals surface area contributed by atoms with E-state index in [0.29, 0.717) is 18.7 Å². The second-order valence-electron chi connectivity index (χ2n) is 5.05. The molecule has 3 nitrogen and oxygen atoms in total. The molecule has 2 aromatic carbocycles. The predicted molar refractivity (Wildman–Crippen MR) is 91.2 cm³/mol. The first-order chi connectivity index (χ1) is 10.7. The molecule has 3 aromatic rings. The number of fused-ring (bicyclic) bond motifs is 1. The summed E-state index contributed by atoms with van der Waals surface area (Å²) in [6.07, 6.45) is 0.686. The number of aromatic amines is 1. The molecule has 0 radical (unpaired) electrons. The summed E-state index contributed by atoms with van der Waals surface area (Å²) in [5.41, 5.74) is 3.62. The number of nitrogens with one attached hydrogen (secondary N) is 1. The molecule has 22 heavy (non-hydrogen) atoms. The second kappa shape index (κ2) is 6.36. The van der Waals surface area contributed by atoms with Gasteiger partial charge in [-0.3, -0.25) is 0 Å². The normalized spacial score (nSPS) is 10.8. The fourth-order valence-corrected chi connectivity index (χ4v) is 2.94. The van der Waals surface area contributed by atoms with Crippen LogP contribution in [0.1, 0.15) is 28.5 Å². The van der Waals surface area contributed by atoms with Crippen molar-refractivity contribution in [2.24, 2.45) is 0 Å². The average molecular weight is 358 g/mol. The van der Waals surface area contributed by atoms with E-state index < -0.39 is 0 Å². The summed E-state index contributed by atoms with van der Waals surface area (Å²) in [5, 5.41) is 1.04. The number of hydrogen-bond acceptors (Lipinski definition) is 2. The summed E-state index contributed by atoms with van der Waals surface area (Å²) in [6, 6.07) is 16.1. The van der Waals surface area contributed by atoms with Crippen LogP contribution in [0.15, 0.2) is 53.0 Å². The van der Waals surface area contributed by atoms with Crippen LogP contribution in [0.4, 0.5) is 0 Å². The Morgan fingerprint density at radius 2 is 1.95 bits per heavy atom.